The lowest BCUT2D eigenvalue weighted by atomic mass is 10.1. The molecule has 1 atom stereocenters. The number of halogens is 1. The fraction of sp³-hybridized carbons (Fsp3) is 0.312. The van der Waals surface area contributed by atoms with E-state index in [0.717, 1.165) is 27.9 Å². The molecule has 5 heteroatoms. The third-order valence-corrected chi connectivity index (χ3v) is 3.88. The number of rotatable bonds is 6. The molecule has 1 N–H and O–H groups in total. The van der Waals surface area contributed by atoms with Crippen LogP contribution in [0.3, 0.4) is 0 Å². The van der Waals surface area contributed by atoms with E-state index in [4.69, 9.17) is 9.47 Å². The third-order valence-electron chi connectivity index (χ3n) is 3.29. The maximum atomic E-state index is 5.36. The Morgan fingerprint density at radius 3 is 2.71 bits per heavy atom. The number of aromatic nitrogens is 1. The zero-order valence-electron chi connectivity index (χ0n) is 12.4. The normalized spacial score (nSPS) is 12.0. The molecule has 0 amide bonds. The van der Waals surface area contributed by atoms with Gasteiger partial charge in [0.2, 0.25) is 0 Å². The van der Waals surface area contributed by atoms with Crippen LogP contribution >= 0.6 is 15.9 Å². The van der Waals surface area contributed by atoms with Crippen LogP contribution in [0, 0.1) is 0 Å². The molecule has 0 unspecified atom stereocenters. The van der Waals surface area contributed by atoms with Crippen molar-refractivity contribution < 1.29 is 9.47 Å². The maximum absolute atomic E-state index is 5.36. The smallest absolute Gasteiger partial charge is 0.174 e. The van der Waals surface area contributed by atoms with Gasteiger partial charge in [-0.3, -0.25) is 4.98 Å². The highest BCUT2D eigenvalue weighted by Crippen LogP contribution is 2.36. The van der Waals surface area contributed by atoms with Crippen LogP contribution in [0.2, 0.25) is 0 Å². The SMILES string of the molecule is COc1cc(CN[C@@H](C)c2cccnc2)cc(Br)c1OC. The predicted molar refractivity (Wildman–Crippen MR) is 86.7 cm³/mol. The van der Waals surface area contributed by atoms with E-state index >= 15 is 0 Å². The Morgan fingerprint density at radius 1 is 1.29 bits per heavy atom. The van der Waals surface area contributed by atoms with E-state index in [-0.39, 0.29) is 6.04 Å². The van der Waals surface area contributed by atoms with Gasteiger partial charge >= 0.3 is 0 Å². The topological polar surface area (TPSA) is 43.4 Å². The van der Waals surface area contributed by atoms with Crippen LogP contribution in [0.25, 0.3) is 0 Å². The molecule has 0 saturated heterocycles. The molecule has 0 aliphatic heterocycles. The van der Waals surface area contributed by atoms with Crippen molar-refractivity contribution >= 4 is 15.9 Å². The van der Waals surface area contributed by atoms with Gasteiger partial charge in [-0.05, 0) is 52.2 Å². The summed E-state index contributed by atoms with van der Waals surface area (Å²) in [6.07, 6.45) is 3.66. The van der Waals surface area contributed by atoms with E-state index in [9.17, 15) is 0 Å². The molecule has 1 heterocycles. The van der Waals surface area contributed by atoms with Crippen molar-refractivity contribution in [2.24, 2.45) is 0 Å². The summed E-state index contributed by atoms with van der Waals surface area (Å²) in [6, 6.07) is 8.25. The molecule has 2 rings (SSSR count). The van der Waals surface area contributed by atoms with Gasteiger partial charge in [0.1, 0.15) is 0 Å². The van der Waals surface area contributed by atoms with Gasteiger partial charge < -0.3 is 14.8 Å². The first-order chi connectivity index (χ1) is 10.2. The summed E-state index contributed by atoms with van der Waals surface area (Å²) in [7, 11) is 3.27. The number of methoxy groups -OCH3 is 2. The molecule has 112 valence electrons. The molecule has 1 aromatic heterocycles. The van der Waals surface area contributed by atoms with Crippen molar-refractivity contribution in [2.45, 2.75) is 19.5 Å². The molecule has 0 aliphatic rings. The first-order valence-electron chi connectivity index (χ1n) is 6.69. The van der Waals surface area contributed by atoms with Gasteiger partial charge in [-0.25, -0.2) is 0 Å². The first kappa shape index (κ1) is 15.8. The Balaban J connectivity index is 2.08. The lowest BCUT2D eigenvalue weighted by molar-refractivity contribution is 0.352. The fourth-order valence-electron chi connectivity index (χ4n) is 2.09. The minimum absolute atomic E-state index is 0.227. The van der Waals surface area contributed by atoms with Crippen LogP contribution in [0.1, 0.15) is 24.1 Å². The summed E-state index contributed by atoms with van der Waals surface area (Å²) in [6.45, 7) is 2.85. The lowest BCUT2D eigenvalue weighted by Crippen LogP contribution is -2.18. The van der Waals surface area contributed by atoms with Gasteiger partial charge in [0.25, 0.3) is 0 Å². The van der Waals surface area contributed by atoms with Crippen LogP contribution < -0.4 is 14.8 Å². The van der Waals surface area contributed by atoms with Gasteiger partial charge in [-0.15, -0.1) is 0 Å². The lowest BCUT2D eigenvalue weighted by Gasteiger charge is -2.16. The van der Waals surface area contributed by atoms with Crippen molar-refractivity contribution in [1.29, 1.82) is 0 Å². The van der Waals surface area contributed by atoms with Crippen molar-refractivity contribution in [3.05, 3.63) is 52.3 Å². The van der Waals surface area contributed by atoms with Gasteiger partial charge in [-0.2, -0.15) is 0 Å². The van der Waals surface area contributed by atoms with E-state index < -0.39 is 0 Å². The standard InChI is InChI=1S/C16H19BrN2O2/c1-11(13-5-4-6-18-10-13)19-9-12-7-14(17)16(21-3)15(8-12)20-2/h4-8,10-11,19H,9H2,1-3H3/t11-/m0/s1. The summed E-state index contributed by atoms with van der Waals surface area (Å²) in [5, 5.41) is 3.47. The molecule has 21 heavy (non-hydrogen) atoms. The molecule has 0 radical (unpaired) electrons. The van der Waals surface area contributed by atoms with Crippen molar-refractivity contribution in [3.63, 3.8) is 0 Å². The summed E-state index contributed by atoms with van der Waals surface area (Å²) < 4.78 is 11.6. The van der Waals surface area contributed by atoms with Crippen LogP contribution in [0.15, 0.2) is 41.1 Å². The maximum Gasteiger partial charge on any atom is 0.174 e. The number of ether oxygens (including phenoxy) is 2. The Kier molecular flexibility index (Phi) is 5.59. The van der Waals surface area contributed by atoms with Crippen LogP contribution in [0.4, 0.5) is 0 Å². The van der Waals surface area contributed by atoms with E-state index in [0.29, 0.717) is 5.75 Å². The number of hydrogen-bond acceptors (Lipinski definition) is 4. The fourth-order valence-corrected chi connectivity index (χ4v) is 2.75. The van der Waals surface area contributed by atoms with Crippen molar-refractivity contribution in [2.75, 3.05) is 14.2 Å². The third kappa shape index (κ3) is 3.95. The molecule has 0 spiro atoms. The summed E-state index contributed by atoms with van der Waals surface area (Å²) in [5.41, 5.74) is 2.28. The molecule has 2 aromatic rings. The number of pyridine rings is 1. The first-order valence-corrected chi connectivity index (χ1v) is 7.48. The Morgan fingerprint density at radius 2 is 2.10 bits per heavy atom. The van der Waals surface area contributed by atoms with Gasteiger partial charge in [0.05, 0.1) is 18.7 Å². The molecular formula is C16H19BrN2O2. The van der Waals surface area contributed by atoms with E-state index in [2.05, 4.69) is 39.2 Å². The van der Waals surface area contributed by atoms with Gasteiger partial charge in [-0.1, -0.05) is 6.07 Å². The Hall–Kier alpha value is -1.59. The largest absolute Gasteiger partial charge is 0.493 e. The van der Waals surface area contributed by atoms with Crippen LogP contribution in [0.5, 0.6) is 11.5 Å². The highest BCUT2D eigenvalue weighted by Gasteiger charge is 2.11. The zero-order valence-corrected chi connectivity index (χ0v) is 14.0. The Bertz CT molecular complexity index is 590. The highest BCUT2D eigenvalue weighted by atomic mass is 79.9. The van der Waals surface area contributed by atoms with E-state index in [1.165, 1.54) is 0 Å². The second-order valence-corrected chi connectivity index (χ2v) is 5.56. The monoisotopic (exact) mass is 350 g/mol. The zero-order chi connectivity index (χ0) is 15.2. The number of nitrogens with one attached hydrogen (secondary N) is 1. The summed E-state index contributed by atoms with van der Waals surface area (Å²) in [4.78, 5) is 4.14. The predicted octanol–water partition coefficient (Wildman–Crippen LogP) is 3.71. The minimum Gasteiger partial charge on any atom is -0.493 e. The second-order valence-electron chi connectivity index (χ2n) is 4.70. The molecule has 1 aromatic carbocycles. The molecule has 0 bridgehead atoms. The Labute approximate surface area is 133 Å². The van der Waals surface area contributed by atoms with Crippen molar-refractivity contribution in [3.8, 4) is 11.5 Å². The number of benzene rings is 1. The number of hydrogen-bond donors (Lipinski definition) is 1. The summed E-state index contributed by atoms with van der Waals surface area (Å²) in [5.74, 6) is 1.43. The molecule has 0 aliphatic carbocycles. The van der Waals surface area contributed by atoms with E-state index in [1.807, 2.05) is 24.4 Å². The average Bonchev–Trinajstić information content (AvgIpc) is 2.52. The highest BCUT2D eigenvalue weighted by molar-refractivity contribution is 9.10. The quantitative estimate of drug-likeness (QED) is 0.862. The summed E-state index contributed by atoms with van der Waals surface area (Å²) >= 11 is 3.51. The minimum atomic E-state index is 0.227. The molecule has 0 fully saturated rings. The van der Waals surface area contributed by atoms with Crippen molar-refractivity contribution in [1.82, 2.24) is 10.3 Å². The number of nitrogens with zero attached hydrogens (tertiary/aromatic N) is 1. The molecule has 4 nitrogen and oxygen atoms in total. The van der Waals surface area contributed by atoms with Gasteiger partial charge in [0, 0.05) is 25.0 Å². The van der Waals surface area contributed by atoms with E-state index in [1.54, 1.807) is 20.4 Å². The van der Waals surface area contributed by atoms with Gasteiger partial charge in [0.15, 0.2) is 11.5 Å². The van der Waals surface area contributed by atoms with Crippen LogP contribution in [-0.4, -0.2) is 19.2 Å². The van der Waals surface area contributed by atoms with Crippen LogP contribution in [-0.2, 0) is 6.54 Å². The average molecular weight is 351 g/mol. The molecular weight excluding hydrogens is 332 g/mol. The second kappa shape index (κ2) is 7.43. The molecule has 0 saturated carbocycles.